The first-order valence-electron chi connectivity index (χ1n) is 8.11. The number of aromatic nitrogens is 2. The Bertz CT molecular complexity index is 1060. The van der Waals surface area contributed by atoms with Gasteiger partial charge in [-0.2, -0.15) is 0 Å². The van der Waals surface area contributed by atoms with Crippen LogP contribution >= 0.6 is 23.2 Å². The van der Waals surface area contributed by atoms with Gasteiger partial charge in [-0.25, -0.2) is 14.4 Å². The van der Waals surface area contributed by atoms with Crippen LogP contribution in [-0.2, 0) is 9.53 Å². The number of carbonyl (C=O) groups excluding carboxylic acids is 2. The number of hydrogen-bond donors (Lipinski definition) is 0. The molecule has 1 atom stereocenters. The SMILES string of the molecule is CC(=O)OC(c1cnc(C(=O)c2ccccc2Cl)c(Cl)n1)c1ccccc1F. The second-order valence-corrected chi connectivity index (χ2v) is 6.52. The number of ketones is 1. The molecule has 3 rings (SSSR count). The first-order valence-corrected chi connectivity index (χ1v) is 8.87. The lowest BCUT2D eigenvalue weighted by Gasteiger charge is -2.18. The summed E-state index contributed by atoms with van der Waals surface area (Å²) in [7, 11) is 0. The van der Waals surface area contributed by atoms with Gasteiger partial charge in [-0.15, -0.1) is 0 Å². The molecule has 8 heteroatoms. The number of ether oxygens (including phenoxy) is 1. The molecule has 0 aliphatic carbocycles. The van der Waals surface area contributed by atoms with Gasteiger partial charge in [0.05, 0.1) is 11.2 Å². The van der Waals surface area contributed by atoms with E-state index in [1.807, 2.05) is 0 Å². The molecule has 1 heterocycles. The molecule has 0 fully saturated rings. The summed E-state index contributed by atoms with van der Waals surface area (Å²) in [6.07, 6.45) is 0.0592. The van der Waals surface area contributed by atoms with Gasteiger partial charge in [0.15, 0.2) is 11.3 Å². The maximum absolute atomic E-state index is 14.2. The van der Waals surface area contributed by atoms with Crippen molar-refractivity contribution in [2.45, 2.75) is 13.0 Å². The van der Waals surface area contributed by atoms with E-state index in [-0.39, 0.29) is 32.7 Å². The third kappa shape index (κ3) is 4.18. The van der Waals surface area contributed by atoms with Crippen molar-refractivity contribution >= 4 is 35.0 Å². The van der Waals surface area contributed by atoms with Crippen LogP contribution < -0.4 is 0 Å². The van der Waals surface area contributed by atoms with Gasteiger partial charge in [0.2, 0.25) is 5.78 Å². The van der Waals surface area contributed by atoms with E-state index in [2.05, 4.69) is 9.97 Å². The smallest absolute Gasteiger partial charge is 0.303 e. The molecule has 0 aliphatic rings. The van der Waals surface area contributed by atoms with Crippen LogP contribution in [0.15, 0.2) is 54.7 Å². The van der Waals surface area contributed by atoms with Crippen molar-refractivity contribution in [2.24, 2.45) is 0 Å². The number of hydrogen-bond acceptors (Lipinski definition) is 5. The second-order valence-electron chi connectivity index (χ2n) is 5.75. The molecule has 0 bridgehead atoms. The summed E-state index contributed by atoms with van der Waals surface area (Å²) >= 11 is 12.2. The highest BCUT2D eigenvalue weighted by Crippen LogP contribution is 2.29. The van der Waals surface area contributed by atoms with Crippen molar-refractivity contribution in [1.29, 1.82) is 0 Å². The Kier molecular flexibility index (Phi) is 6.02. The van der Waals surface area contributed by atoms with E-state index >= 15 is 0 Å². The maximum Gasteiger partial charge on any atom is 0.303 e. The van der Waals surface area contributed by atoms with Crippen LogP contribution in [0.4, 0.5) is 4.39 Å². The maximum atomic E-state index is 14.2. The molecule has 1 unspecified atom stereocenters. The van der Waals surface area contributed by atoms with E-state index in [0.29, 0.717) is 0 Å². The summed E-state index contributed by atoms with van der Waals surface area (Å²) in [5, 5.41) is 0.0366. The average molecular weight is 419 g/mol. The molecular formula is C20H13Cl2FN2O3. The van der Waals surface area contributed by atoms with Crippen molar-refractivity contribution in [3.8, 4) is 0 Å². The van der Waals surface area contributed by atoms with Gasteiger partial charge in [-0.3, -0.25) is 9.59 Å². The summed E-state index contributed by atoms with van der Waals surface area (Å²) in [6, 6.07) is 12.2. The number of nitrogens with zero attached hydrogens (tertiary/aromatic N) is 2. The summed E-state index contributed by atoms with van der Waals surface area (Å²) in [4.78, 5) is 32.3. The topological polar surface area (TPSA) is 69.2 Å². The minimum absolute atomic E-state index is 0.0843. The third-order valence-corrected chi connectivity index (χ3v) is 4.42. The lowest BCUT2D eigenvalue weighted by molar-refractivity contribution is -0.145. The molecule has 0 aliphatic heterocycles. The van der Waals surface area contributed by atoms with E-state index < -0.39 is 23.7 Å². The monoisotopic (exact) mass is 418 g/mol. The Hall–Kier alpha value is -2.83. The first kappa shape index (κ1) is 19.9. The zero-order valence-corrected chi connectivity index (χ0v) is 16.0. The minimum Gasteiger partial charge on any atom is -0.451 e. The summed E-state index contributed by atoms with van der Waals surface area (Å²) in [5.74, 6) is -1.73. The van der Waals surface area contributed by atoms with Gasteiger partial charge in [-0.05, 0) is 18.2 Å². The van der Waals surface area contributed by atoms with Crippen molar-refractivity contribution in [3.63, 3.8) is 0 Å². The predicted molar refractivity (Wildman–Crippen MR) is 102 cm³/mol. The van der Waals surface area contributed by atoms with E-state index in [1.165, 1.54) is 37.4 Å². The van der Waals surface area contributed by atoms with E-state index in [9.17, 15) is 14.0 Å². The van der Waals surface area contributed by atoms with Crippen LogP contribution in [0.5, 0.6) is 0 Å². The fraction of sp³-hybridized carbons (Fsp3) is 0.100. The normalized spacial score (nSPS) is 11.7. The Balaban J connectivity index is 2.02. The summed E-state index contributed by atoms with van der Waals surface area (Å²) in [5.41, 5.74) is 0.279. The van der Waals surface area contributed by atoms with Gasteiger partial charge < -0.3 is 4.74 Å². The van der Waals surface area contributed by atoms with Crippen LogP contribution in [0.3, 0.4) is 0 Å². The number of carbonyl (C=O) groups is 2. The number of benzene rings is 2. The van der Waals surface area contributed by atoms with Crippen molar-refractivity contribution in [2.75, 3.05) is 0 Å². The largest absolute Gasteiger partial charge is 0.451 e. The van der Waals surface area contributed by atoms with Crippen molar-refractivity contribution in [3.05, 3.63) is 93.2 Å². The molecule has 0 radical (unpaired) electrons. The Labute approximate surface area is 170 Å². The zero-order chi connectivity index (χ0) is 20.3. The van der Waals surface area contributed by atoms with Crippen LogP contribution in [0.25, 0.3) is 0 Å². The molecule has 142 valence electrons. The fourth-order valence-corrected chi connectivity index (χ4v) is 3.02. The molecule has 2 aromatic carbocycles. The van der Waals surface area contributed by atoms with Crippen LogP contribution in [0.1, 0.15) is 40.3 Å². The van der Waals surface area contributed by atoms with Gasteiger partial charge in [0.1, 0.15) is 17.2 Å². The first-order chi connectivity index (χ1) is 13.4. The summed E-state index contributed by atoms with van der Waals surface area (Å²) < 4.78 is 19.4. The third-order valence-electron chi connectivity index (χ3n) is 3.82. The lowest BCUT2D eigenvalue weighted by Crippen LogP contribution is -2.15. The molecule has 28 heavy (non-hydrogen) atoms. The lowest BCUT2D eigenvalue weighted by atomic mass is 10.1. The number of halogens is 3. The van der Waals surface area contributed by atoms with E-state index in [4.69, 9.17) is 27.9 Å². The van der Waals surface area contributed by atoms with Gasteiger partial charge in [0, 0.05) is 18.1 Å². The molecule has 5 nitrogen and oxygen atoms in total. The quantitative estimate of drug-likeness (QED) is 0.439. The van der Waals surface area contributed by atoms with Gasteiger partial charge >= 0.3 is 5.97 Å². The van der Waals surface area contributed by atoms with E-state index in [0.717, 1.165) is 0 Å². The molecule has 3 aromatic rings. The Morgan fingerprint density at radius 2 is 1.75 bits per heavy atom. The highest BCUT2D eigenvalue weighted by Gasteiger charge is 2.25. The molecule has 0 N–H and O–H groups in total. The Morgan fingerprint density at radius 3 is 2.39 bits per heavy atom. The highest BCUT2D eigenvalue weighted by atomic mass is 35.5. The van der Waals surface area contributed by atoms with Gasteiger partial charge in [-0.1, -0.05) is 53.5 Å². The Morgan fingerprint density at radius 1 is 1.07 bits per heavy atom. The molecule has 0 spiro atoms. The van der Waals surface area contributed by atoms with Crippen LogP contribution in [0, 0.1) is 5.82 Å². The summed E-state index contributed by atoms with van der Waals surface area (Å²) in [6.45, 7) is 1.19. The minimum atomic E-state index is -1.16. The molecule has 0 saturated carbocycles. The van der Waals surface area contributed by atoms with Crippen LogP contribution in [-0.4, -0.2) is 21.7 Å². The molecule has 0 amide bonds. The number of esters is 1. The fourth-order valence-electron chi connectivity index (χ4n) is 2.57. The van der Waals surface area contributed by atoms with Crippen LogP contribution in [0.2, 0.25) is 10.2 Å². The number of rotatable bonds is 5. The standard InChI is InChI=1S/C20H13Cl2FN2O3/c1-11(26)28-19(13-7-3-5-9-15(13)23)16-10-24-17(20(22)25-16)18(27)12-6-2-4-8-14(12)21/h2-10,19H,1H3. The predicted octanol–water partition coefficient (Wildman–Crippen LogP) is 4.81. The van der Waals surface area contributed by atoms with E-state index in [1.54, 1.807) is 24.3 Å². The molecular weight excluding hydrogens is 406 g/mol. The molecule has 1 aromatic heterocycles. The highest BCUT2D eigenvalue weighted by molar-refractivity contribution is 6.37. The zero-order valence-electron chi connectivity index (χ0n) is 14.5. The van der Waals surface area contributed by atoms with Crippen molar-refractivity contribution in [1.82, 2.24) is 9.97 Å². The van der Waals surface area contributed by atoms with Gasteiger partial charge in [0.25, 0.3) is 0 Å². The molecule has 0 saturated heterocycles. The van der Waals surface area contributed by atoms with Crippen molar-refractivity contribution < 1.29 is 18.7 Å². The average Bonchev–Trinajstić information content (AvgIpc) is 2.66. The second kappa shape index (κ2) is 8.46.